The van der Waals surface area contributed by atoms with Crippen LogP contribution in [-0.2, 0) is 6.42 Å². The van der Waals surface area contributed by atoms with E-state index in [2.05, 4.69) is 39.7 Å². The van der Waals surface area contributed by atoms with Gasteiger partial charge in [-0.05, 0) is 17.9 Å². The van der Waals surface area contributed by atoms with E-state index in [9.17, 15) is 4.79 Å². The van der Waals surface area contributed by atoms with E-state index in [0.29, 0.717) is 12.5 Å². The molecule has 2 aromatic rings. The normalized spacial score (nSPS) is 10.7. The third kappa shape index (κ3) is 3.78. The first-order valence-corrected chi connectivity index (χ1v) is 7.00. The van der Waals surface area contributed by atoms with Crippen LogP contribution >= 0.6 is 11.3 Å². The third-order valence-corrected chi connectivity index (χ3v) is 3.38. The molecule has 102 valence electrons. The van der Waals surface area contributed by atoms with Crippen LogP contribution in [0.3, 0.4) is 0 Å². The number of rotatable bonds is 5. The molecule has 0 aliphatic rings. The summed E-state index contributed by atoms with van der Waals surface area (Å²) in [7, 11) is 0. The number of nitrogens with zero attached hydrogens (tertiary/aromatic N) is 2. The van der Waals surface area contributed by atoms with Gasteiger partial charge < -0.3 is 5.32 Å². The topological polar surface area (TPSA) is 82.7 Å². The Kier molecular flexibility index (Phi) is 4.51. The lowest BCUT2D eigenvalue weighted by atomic mass is 10.1. The predicted molar refractivity (Wildman–Crippen MR) is 75.5 cm³/mol. The molecule has 0 fully saturated rings. The van der Waals surface area contributed by atoms with E-state index < -0.39 is 0 Å². The second-order valence-corrected chi connectivity index (χ2v) is 5.31. The molecule has 2 heterocycles. The van der Waals surface area contributed by atoms with Gasteiger partial charge in [-0.1, -0.05) is 13.8 Å². The molecule has 2 amide bonds. The van der Waals surface area contributed by atoms with Gasteiger partial charge in [0.15, 0.2) is 0 Å². The minimum atomic E-state index is -0.199. The number of aromatic nitrogens is 3. The Balaban J connectivity index is 1.79. The van der Waals surface area contributed by atoms with Crippen LogP contribution in [0.1, 0.15) is 31.0 Å². The first-order chi connectivity index (χ1) is 9.16. The summed E-state index contributed by atoms with van der Waals surface area (Å²) in [4.78, 5) is 16.0. The van der Waals surface area contributed by atoms with Crippen molar-refractivity contribution in [2.75, 3.05) is 11.9 Å². The van der Waals surface area contributed by atoms with E-state index in [-0.39, 0.29) is 6.03 Å². The molecule has 3 N–H and O–H groups in total. The van der Waals surface area contributed by atoms with Gasteiger partial charge in [0.05, 0.1) is 17.4 Å². The summed E-state index contributed by atoms with van der Waals surface area (Å²) in [6, 6.07) is -0.199. The van der Waals surface area contributed by atoms with Crippen LogP contribution in [0.5, 0.6) is 0 Å². The molecule has 0 radical (unpaired) electrons. The number of carbonyl (C=O) groups is 1. The minimum Gasteiger partial charge on any atom is -0.338 e. The van der Waals surface area contributed by atoms with Crippen molar-refractivity contribution in [3.63, 3.8) is 0 Å². The van der Waals surface area contributed by atoms with Gasteiger partial charge in [-0.15, -0.1) is 11.3 Å². The molecule has 6 nitrogen and oxygen atoms in total. The van der Waals surface area contributed by atoms with Gasteiger partial charge in [-0.25, -0.2) is 9.78 Å². The van der Waals surface area contributed by atoms with Gasteiger partial charge in [-0.2, -0.15) is 5.10 Å². The van der Waals surface area contributed by atoms with Crippen molar-refractivity contribution in [3.05, 3.63) is 29.2 Å². The summed E-state index contributed by atoms with van der Waals surface area (Å²) < 4.78 is 0. The van der Waals surface area contributed by atoms with Crippen LogP contribution in [0.15, 0.2) is 17.9 Å². The Morgan fingerprint density at radius 2 is 2.37 bits per heavy atom. The first-order valence-electron chi connectivity index (χ1n) is 6.12. The van der Waals surface area contributed by atoms with Crippen LogP contribution in [-0.4, -0.2) is 27.8 Å². The fourth-order valence-corrected chi connectivity index (χ4v) is 2.47. The molecule has 19 heavy (non-hydrogen) atoms. The van der Waals surface area contributed by atoms with Crippen molar-refractivity contribution in [1.29, 1.82) is 0 Å². The van der Waals surface area contributed by atoms with E-state index in [1.54, 1.807) is 11.7 Å². The zero-order valence-corrected chi connectivity index (χ0v) is 11.8. The van der Waals surface area contributed by atoms with E-state index >= 15 is 0 Å². The Morgan fingerprint density at radius 3 is 3.05 bits per heavy atom. The molecule has 0 saturated carbocycles. The molecule has 0 bridgehead atoms. The highest BCUT2D eigenvalue weighted by atomic mass is 32.1. The standard InChI is InChI=1S/C12H17N5OS/c1-8(2)10-11(19-7-14-10)17-12(18)13-4-3-9-5-15-16-6-9/h5-8H,3-4H2,1-2H3,(H,15,16)(H2,13,17,18). The molecule has 0 atom stereocenters. The molecular formula is C12H17N5OS. The highest BCUT2D eigenvalue weighted by Gasteiger charge is 2.12. The quantitative estimate of drug-likeness (QED) is 0.785. The first kappa shape index (κ1) is 13.5. The Labute approximate surface area is 115 Å². The lowest BCUT2D eigenvalue weighted by molar-refractivity contribution is 0.252. The lowest BCUT2D eigenvalue weighted by Crippen LogP contribution is -2.30. The van der Waals surface area contributed by atoms with Crippen molar-refractivity contribution in [1.82, 2.24) is 20.5 Å². The van der Waals surface area contributed by atoms with E-state index in [1.807, 2.05) is 6.20 Å². The van der Waals surface area contributed by atoms with Crippen molar-refractivity contribution in [3.8, 4) is 0 Å². The van der Waals surface area contributed by atoms with Gasteiger partial charge in [0.1, 0.15) is 5.00 Å². The number of amides is 2. The summed E-state index contributed by atoms with van der Waals surface area (Å²) in [6.07, 6.45) is 4.32. The second-order valence-electron chi connectivity index (χ2n) is 4.46. The van der Waals surface area contributed by atoms with Gasteiger partial charge in [0, 0.05) is 12.7 Å². The smallest absolute Gasteiger partial charge is 0.319 e. The maximum Gasteiger partial charge on any atom is 0.319 e. The summed E-state index contributed by atoms with van der Waals surface area (Å²) in [6.45, 7) is 4.68. The van der Waals surface area contributed by atoms with Crippen LogP contribution < -0.4 is 10.6 Å². The van der Waals surface area contributed by atoms with Crippen molar-refractivity contribution in [2.24, 2.45) is 0 Å². The van der Waals surface area contributed by atoms with Crippen LogP contribution in [0, 0.1) is 0 Å². The summed E-state index contributed by atoms with van der Waals surface area (Å²) in [5, 5.41) is 13.1. The van der Waals surface area contributed by atoms with Crippen LogP contribution in [0.4, 0.5) is 9.80 Å². The Morgan fingerprint density at radius 1 is 1.53 bits per heavy atom. The van der Waals surface area contributed by atoms with Gasteiger partial charge in [0.25, 0.3) is 0 Å². The molecule has 0 aliphatic heterocycles. The Bertz CT molecular complexity index is 520. The van der Waals surface area contributed by atoms with Gasteiger partial charge in [-0.3, -0.25) is 10.4 Å². The number of thiazole rings is 1. The summed E-state index contributed by atoms with van der Waals surface area (Å²) in [5.41, 5.74) is 3.74. The van der Waals surface area contributed by atoms with E-state index in [1.165, 1.54) is 11.3 Å². The minimum absolute atomic E-state index is 0.199. The van der Waals surface area contributed by atoms with Crippen molar-refractivity contribution in [2.45, 2.75) is 26.2 Å². The molecule has 2 aromatic heterocycles. The molecular weight excluding hydrogens is 262 g/mol. The number of carbonyl (C=O) groups excluding carboxylic acids is 1. The maximum absolute atomic E-state index is 11.7. The number of aromatic amines is 1. The highest BCUT2D eigenvalue weighted by Crippen LogP contribution is 2.26. The molecule has 0 unspecified atom stereocenters. The molecule has 0 aromatic carbocycles. The summed E-state index contributed by atoms with van der Waals surface area (Å²) in [5.74, 6) is 0.299. The third-order valence-electron chi connectivity index (χ3n) is 2.62. The number of anilines is 1. The molecule has 0 aliphatic carbocycles. The monoisotopic (exact) mass is 279 g/mol. The lowest BCUT2D eigenvalue weighted by Gasteiger charge is -2.08. The maximum atomic E-state index is 11.7. The molecule has 7 heteroatoms. The van der Waals surface area contributed by atoms with Crippen molar-refractivity contribution < 1.29 is 4.79 Å². The number of hydrogen-bond donors (Lipinski definition) is 3. The molecule has 0 spiro atoms. The average Bonchev–Trinajstić information content (AvgIpc) is 2.99. The molecule has 2 rings (SSSR count). The van der Waals surface area contributed by atoms with Gasteiger partial charge >= 0.3 is 6.03 Å². The zero-order valence-electron chi connectivity index (χ0n) is 10.9. The van der Waals surface area contributed by atoms with Crippen LogP contribution in [0.2, 0.25) is 0 Å². The van der Waals surface area contributed by atoms with Gasteiger partial charge in [0.2, 0.25) is 0 Å². The van der Waals surface area contributed by atoms with E-state index in [4.69, 9.17) is 0 Å². The average molecular weight is 279 g/mol. The van der Waals surface area contributed by atoms with E-state index in [0.717, 1.165) is 22.7 Å². The zero-order chi connectivity index (χ0) is 13.7. The summed E-state index contributed by atoms with van der Waals surface area (Å²) >= 11 is 1.44. The number of urea groups is 1. The largest absolute Gasteiger partial charge is 0.338 e. The SMILES string of the molecule is CC(C)c1ncsc1NC(=O)NCCc1cn[nH]c1. The number of hydrogen-bond acceptors (Lipinski definition) is 4. The predicted octanol–water partition coefficient (Wildman–Crippen LogP) is 2.35. The fourth-order valence-electron chi connectivity index (χ4n) is 1.64. The highest BCUT2D eigenvalue weighted by molar-refractivity contribution is 7.14. The second kappa shape index (κ2) is 6.33. The Hall–Kier alpha value is -1.89. The molecule has 0 saturated heterocycles. The van der Waals surface area contributed by atoms with Crippen LogP contribution in [0.25, 0.3) is 0 Å². The fraction of sp³-hybridized carbons (Fsp3) is 0.417. The number of nitrogens with one attached hydrogen (secondary N) is 3. The number of H-pyrrole nitrogens is 1. The van der Waals surface area contributed by atoms with Crippen molar-refractivity contribution >= 4 is 22.4 Å².